The van der Waals surface area contributed by atoms with Crippen molar-refractivity contribution in [1.29, 1.82) is 0 Å². The van der Waals surface area contributed by atoms with Gasteiger partial charge in [0.25, 0.3) is 0 Å². The van der Waals surface area contributed by atoms with E-state index >= 15 is 0 Å². The molecule has 2 bridgehead atoms. The Morgan fingerprint density at radius 3 is 1.62 bits per heavy atom. The van der Waals surface area contributed by atoms with Crippen LogP contribution < -0.4 is 0 Å². The average Bonchev–Trinajstić information content (AvgIpc) is 1.07. The molecular weight excluding hydrogens is 2330 g/mol. The molecule has 514 valence electrons. The van der Waals surface area contributed by atoms with Crippen LogP contribution in [0.15, 0.2) is 202 Å². The van der Waals surface area contributed by atoms with Crippen LogP contribution in [0.25, 0.3) is 98.5 Å². The van der Waals surface area contributed by atoms with E-state index in [1.807, 2.05) is 83.7 Å². The third-order valence-corrected chi connectivity index (χ3v) is 19.1. The third kappa shape index (κ3) is 13.6. The van der Waals surface area contributed by atoms with E-state index in [2.05, 4.69) is 130 Å². The van der Waals surface area contributed by atoms with Gasteiger partial charge < -0.3 is 26.4 Å². The second-order valence-electron chi connectivity index (χ2n) is 24.3. The van der Waals surface area contributed by atoms with Gasteiger partial charge in [0.1, 0.15) is 0 Å². The maximum Gasteiger partial charge on any atom is 0.221 e. The fourth-order valence-corrected chi connectivity index (χ4v) is 14.8. The Kier molecular flexibility index (Phi) is 23.6. The summed E-state index contributed by atoms with van der Waals surface area (Å²) in [7, 11) is 0. The Morgan fingerprint density at radius 1 is 0.380 bits per heavy atom. The molecule has 21 heteroatoms. The molecule has 0 N–H and O–H groups in total. The Balaban J connectivity index is 0.000000120. The smallest absolute Gasteiger partial charge is 0.221 e. The van der Waals surface area contributed by atoms with Crippen LogP contribution in [-0.4, -0.2) is 56.3 Å². The SMILES string of the molecule is Fc1cc[c-]c2c1ccn1ccnc21.Fc1cn2ccc3ccc[c-]c3c2n1.Fc1cnc2c3[c-]cccc3ccn12.[Ir].[Ir].[Ir].[Ir].[Ir].[Ir].[c-]1cccc2c3c(n4ccnc4c12)C1CCC3CC1.[c-]1cccc2c3c(n4ccnc4c12)CCCC3.[c-]1cccc2ccn3c4c(nc3c12)CCC4. The molecule has 12 heterocycles. The molecule has 5 aliphatic carbocycles. The molecule has 23 rings (SSSR count). The van der Waals surface area contributed by atoms with Crippen molar-refractivity contribution >= 4 is 98.5 Å². The van der Waals surface area contributed by atoms with Crippen molar-refractivity contribution < 1.29 is 134 Å². The molecule has 18 aromatic rings. The number of fused-ring (bicyclic) bond motifs is 25. The Bertz CT molecular complexity index is 5890. The maximum absolute atomic E-state index is 13.4. The van der Waals surface area contributed by atoms with E-state index in [1.54, 1.807) is 64.7 Å². The van der Waals surface area contributed by atoms with Crippen LogP contribution in [0.5, 0.6) is 0 Å². The topological polar surface area (TPSA) is 104 Å². The van der Waals surface area contributed by atoms with Gasteiger partial charge >= 0.3 is 0 Å². The van der Waals surface area contributed by atoms with E-state index in [9.17, 15) is 13.2 Å². The summed E-state index contributed by atoms with van der Waals surface area (Å²) in [6, 6.07) is 59.9. The van der Waals surface area contributed by atoms with Gasteiger partial charge in [0.05, 0.1) is 52.0 Å². The molecule has 5 aliphatic rings. The summed E-state index contributed by atoms with van der Waals surface area (Å²) in [5.74, 6) is 0.449. The zero-order chi connectivity index (χ0) is 62.8. The molecule has 1 fully saturated rings. The number of hydrogen-bond donors (Lipinski definition) is 0. The van der Waals surface area contributed by atoms with E-state index in [4.69, 9.17) is 4.98 Å². The van der Waals surface area contributed by atoms with Crippen LogP contribution >= 0.6 is 0 Å². The summed E-state index contributed by atoms with van der Waals surface area (Å²) in [4.78, 5) is 25.8. The largest absolute Gasteiger partial charge is 0.347 e. The number of aryl methyl sites for hydroxylation is 4. The number of rotatable bonds is 0. The number of aromatic nitrogens is 12. The van der Waals surface area contributed by atoms with Crippen molar-refractivity contribution in [3.05, 3.63) is 290 Å². The van der Waals surface area contributed by atoms with Gasteiger partial charge in [-0.2, -0.15) is 8.78 Å². The fraction of sp³-hybridized carbons (Fsp3) is 0.165. The second kappa shape index (κ2) is 31.9. The molecule has 0 atom stereocenters. The van der Waals surface area contributed by atoms with E-state index in [0.717, 1.165) is 85.0 Å². The number of pyridine rings is 6. The van der Waals surface area contributed by atoms with Crippen LogP contribution in [0.4, 0.5) is 13.2 Å². The van der Waals surface area contributed by atoms with Gasteiger partial charge in [-0.25, -0.2) is 4.39 Å². The van der Waals surface area contributed by atoms with Gasteiger partial charge in [0, 0.05) is 181 Å². The van der Waals surface area contributed by atoms with Gasteiger partial charge in [-0.3, -0.25) is 29.9 Å². The average molecular weight is 2380 g/mol. The molecule has 12 nitrogen and oxygen atoms in total. The summed E-state index contributed by atoms with van der Waals surface area (Å²) in [5, 5.41) is 12.5. The second-order valence-corrected chi connectivity index (χ2v) is 24.3. The van der Waals surface area contributed by atoms with Crippen LogP contribution in [0.1, 0.15) is 90.7 Å². The first-order valence-corrected chi connectivity index (χ1v) is 32.0. The summed E-state index contributed by atoms with van der Waals surface area (Å²) in [5.41, 5.74) is 14.0. The number of halogens is 3. The zero-order valence-corrected chi connectivity index (χ0v) is 67.4. The van der Waals surface area contributed by atoms with Crippen LogP contribution in [0, 0.1) is 54.1 Å². The van der Waals surface area contributed by atoms with E-state index in [1.165, 1.54) is 125 Å². The van der Waals surface area contributed by atoms with Crippen LogP contribution in [0.3, 0.4) is 0 Å². The minimum absolute atomic E-state index is 0. The monoisotopic (exact) mass is 2390 g/mol. The summed E-state index contributed by atoms with van der Waals surface area (Å²) in [6.45, 7) is 0. The van der Waals surface area contributed by atoms with E-state index in [-0.39, 0.29) is 132 Å². The Morgan fingerprint density at radius 2 is 0.900 bits per heavy atom. The minimum Gasteiger partial charge on any atom is -0.347 e. The molecule has 12 aromatic heterocycles. The predicted molar refractivity (Wildman–Crippen MR) is 362 cm³/mol. The molecule has 0 aliphatic heterocycles. The quantitative estimate of drug-likeness (QED) is 0.140. The van der Waals surface area contributed by atoms with E-state index in [0.29, 0.717) is 16.7 Å². The fourth-order valence-electron chi connectivity index (χ4n) is 14.8. The Labute approximate surface area is 654 Å². The van der Waals surface area contributed by atoms with Crippen LogP contribution in [0.2, 0.25) is 0 Å². The molecule has 1 saturated carbocycles. The van der Waals surface area contributed by atoms with Crippen molar-refractivity contribution in [2.24, 2.45) is 0 Å². The first-order chi connectivity index (χ1) is 46.4. The molecule has 0 saturated heterocycles. The number of nitrogens with zero attached hydrogens (tertiary/aromatic N) is 12. The van der Waals surface area contributed by atoms with Crippen molar-refractivity contribution in [2.75, 3.05) is 0 Å². The number of hydrogen-bond acceptors (Lipinski definition) is 6. The van der Waals surface area contributed by atoms with E-state index < -0.39 is 5.95 Å². The molecule has 0 spiro atoms. The molecule has 0 amide bonds. The minimum atomic E-state index is -0.463. The van der Waals surface area contributed by atoms with Crippen molar-refractivity contribution in [3.63, 3.8) is 0 Å². The van der Waals surface area contributed by atoms with Gasteiger partial charge in [-0.05, 0) is 107 Å². The van der Waals surface area contributed by atoms with Gasteiger partial charge in [0.2, 0.25) is 11.9 Å². The third-order valence-electron chi connectivity index (χ3n) is 19.1. The molecule has 0 unspecified atom stereocenters. The van der Waals surface area contributed by atoms with Crippen LogP contribution in [-0.2, 0) is 146 Å². The molecule has 100 heavy (non-hydrogen) atoms. The zero-order valence-electron chi connectivity index (χ0n) is 53.0. The van der Waals surface area contributed by atoms with Crippen molar-refractivity contribution in [3.8, 4) is 0 Å². The summed E-state index contributed by atoms with van der Waals surface area (Å²) < 4.78 is 51.2. The normalized spacial score (nSPS) is 14.4. The molecular formula is C79H57F3Ir6N12-6. The van der Waals surface area contributed by atoms with Gasteiger partial charge in [-0.15, -0.1) is 188 Å². The molecule has 6 radical (unpaired) electrons. The maximum atomic E-state index is 13.4. The molecule has 6 aromatic carbocycles. The first-order valence-electron chi connectivity index (χ1n) is 32.0. The predicted octanol–water partition coefficient (Wildman–Crippen LogP) is 17.3. The van der Waals surface area contributed by atoms with Crippen molar-refractivity contribution in [2.45, 2.75) is 82.5 Å². The summed E-state index contributed by atoms with van der Waals surface area (Å²) in [6.07, 6.45) is 35.5. The standard InChI is InChI=1S/C17H15N2.C15H13N2.C14H11N2.3C11H6FN2.6Ir/c1-2-4-14-13(3-1)15-11-5-7-12(8-6-11)16(15)19-10-9-18-17(14)19;1-2-7-13-11(5-1)12-6-3-4-8-14(12)17-10-9-16-15(13)17;1-2-5-11-10(4-1)8-9-16-13-7-3-6-12(13)15-14(11)16;12-10-3-1-2-9-8(10)4-6-14-7-5-13-11(9)14;12-10-7-14-6-5-8-3-1-2-4-9(8)11(14)13-10;12-10-7-13-11-9-4-2-1-3-8(9)5-6-14(10)11;;;;;;/h1-3,9-12H,5-8H2;1-2,5,9-10H,3-4,6,8H2;1-2,4,8-9H,3,6-7H2;1,3-7H;2*1-3,5-7H;;;;;;/q6*-1;;;;;;. The number of benzene rings is 6. The summed E-state index contributed by atoms with van der Waals surface area (Å²) >= 11 is 0. The van der Waals surface area contributed by atoms with Gasteiger partial charge in [-0.1, -0.05) is 51.6 Å². The first kappa shape index (κ1) is 73.9. The Hall–Kier alpha value is -7.29. The van der Waals surface area contributed by atoms with Crippen molar-refractivity contribution in [1.82, 2.24) is 56.3 Å². The van der Waals surface area contributed by atoms with Gasteiger partial charge in [0.15, 0.2) is 0 Å². The number of imidazole rings is 6.